The fourth-order valence-corrected chi connectivity index (χ4v) is 5.69. The molecule has 0 radical (unpaired) electrons. The maximum absolute atomic E-state index is 12.9. The van der Waals surface area contributed by atoms with E-state index in [1.165, 1.54) is 28.7 Å². The van der Waals surface area contributed by atoms with Gasteiger partial charge in [-0.15, -0.1) is 23.1 Å². The second kappa shape index (κ2) is 7.19. The summed E-state index contributed by atoms with van der Waals surface area (Å²) in [7, 11) is 0. The fourth-order valence-electron chi connectivity index (χ4n) is 3.95. The summed E-state index contributed by atoms with van der Waals surface area (Å²) in [6, 6.07) is 10.1. The van der Waals surface area contributed by atoms with Gasteiger partial charge in [0.15, 0.2) is 0 Å². The van der Waals surface area contributed by atoms with E-state index in [0.717, 1.165) is 28.4 Å². The highest BCUT2D eigenvalue weighted by Gasteiger charge is 2.44. The van der Waals surface area contributed by atoms with Crippen LogP contribution in [-0.4, -0.2) is 36.8 Å². The molecular weight excluding hydrogens is 378 g/mol. The number of thioether (sulfide) groups is 1. The summed E-state index contributed by atoms with van der Waals surface area (Å²) in [5, 5.41) is 9.23. The Labute approximate surface area is 167 Å². The molecule has 1 aromatic heterocycles. The van der Waals surface area contributed by atoms with Crippen molar-refractivity contribution < 1.29 is 9.53 Å². The number of thiophene rings is 1. The summed E-state index contributed by atoms with van der Waals surface area (Å²) in [6.45, 7) is 2.59. The molecule has 1 saturated heterocycles. The number of rotatable bonds is 3. The largest absolute Gasteiger partial charge is 0.492 e. The van der Waals surface area contributed by atoms with Crippen LogP contribution in [0.3, 0.4) is 0 Å². The van der Waals surface area contributed by atoms with Crippen LogP contribution in [0.5, 0.6) is 5.75 Å². The van der Waals surface area contributed by atoms with Crippen molar-refractivity contribution in [2.24, 2.45) is 5.73 Å². The first-order valence-corrected chi connectivity index (χ1v) is 11.0. The summed E-state index contributed by atoms with van der Waals surface area (Å²) in [4.78, 5) is 15.5. The molecule has 2 aliphatic heterocycles. The number of hydrogen-bond acceptors (Lipinski definition) is 6. The van der Waals surface area contributed by atoms with Gasteiger partial charge >= 0.3 is 0 Å². The lowest BCUT2D eigenvalue weighted by atomic mass is 9.74. The third kappa shape index (κ3) is 3.12. The summed E-state index contributed by atoms with van der Waals surface area (Å²) in [5.41, 5.74) is 8.74. The maximum atomic E-state index is 12.9. The zero-order valence-corrected chi connectivity index (χ0v) is 16.8. The standard InChI is InChI=1S/C20H21N3O2S2/c1-26-19-14(11-22)9-17(27-19)18(24)23-6-4-20(5-7-23)12-25-16-3-2-13(10-21)8-15(16)20/h2-3,8-9H,4-7,10,12,21H2,1H3. The van der Waals surface area contributed by atoms with Crippen LogP contribution in [0.1, 0.15) is 39.2 Å². The number of amides is 1. The summed E-state index contributed by atoms with van der Waals surface area (Å²) in [6.07, 6.45) is 3.69. The quantitative estimate of drug-likeness (QED) is 0.801. The van der Waals surface area contributed by atoms with Gasteiger partial charge in [0.05, 0.1) is 21.3 Å². The number of likely N-dealkylation sites (tertiary alicyclic amines) is 1. The van der Waals surface area contributed by atoms with Gasteiger partial charge in [-0.3, -0.25) is 4.79 Å². The van der Waals surface area contributed by atoms with E-state index in [1.54, 1.807) is 6.07 Å². The molecule has 0 bridgehead atoms. The lowest BCUT2D eigenvalue weighted by molar-refractivity contribution is 0.0651. The van der Waals surface area contributed by atoms with Crippen LogP contribution in [0, 0.1) is 11.3 Å². The molecule has 0 atom stereocenters. The van der Waals surface area contributed by atoms with Gasteiger partial charge < -0.3 is 15.4 Å². The zero-order valence-electron chi connectivity index (χ0n) is 15.2. The van der Waals surface area contributed by atoms with E-state index in [4.69, 9.17) is 10.5 Å². The summed E-state index contributed by atoms with van der Waals surface area (Å²) in [5.74, 6) is 0.981. The van der Waals surface area contributed by atoms with Crippen molar-refractivity contribution in [1.82, 2.24) is 4.90 Å². The van der Waals surface area contributed by atoms with Gasteiger partial charge in [0.1, 0.15) is 11.8 Å². The van der Waals surface area contributed by atoms with E-state index < -0.39 is 0 Å². The van der Waals surface area contributed by atoms with Gasteiger partial charge in [-0.1, -0.05) is 12.1 Å². The lowest BCUT2D eigenvalue weighted by Crippen LogP contribution is -2.45. The molecule has 7 heteroatoms. The number of ether oxygens (including phenoxy) is 1. The molecule has 27 heavy (non-hydrogen) atoms. The number of nitriles is 1. The van der Waals surface area contributed by atoms with Crippen LogP contribution in [-0.2, 0) is 12.0 Å². The number of fused-ring (bicyclic) bond motifs is 2. The SMILES string of the molecule is CSc1sc(C(=O)N2CCC3(CC2)COc2ccc(CN)cc23)cc1C#N. The first-order valence-electron chi connectivity index (χ1n) is 8.94. The van der Waals surface area contributed by atoms with Crippen LogP contribution < -0.4 is 10.5 Å². The Kier molecular flexibility index (Phi) is 4.89. The summed E-state index contributed by atoms with van der Waals surface area (Å²) >= 11 is 2.93. The predicted octanol–water partition coefficient (Wildman–Crippen LogP) is 3.37. The Morgan fingerprint density at radius 1 is 1.41 bits per heavy atom. The van der Waals surface area contributed by atoms with E-state index >= 15 is 0 Å². The first kappa shape index (κ1) is 18.4. The van der Waals surface area contributed by atoms with Crippen molar-refractivity contribution in [3.8, 4) is 11.8 Å². The monoisotopic (exact) mass is 399 g/mol. The Morgan fingerprint density at radius 2 is 2.19 bits per heavy atom. The molecule has 0 saturated carbocycles. The van der Waals surface area contributed by atoms with Crippen LogP contribution in [0.4, 0.5) is 0 Å². The van der Waals surface area contributed by atoms with E-state index in [0.29, 0.717) is 36.7 Å². The number of carbonyl (C=O) groups excluding carboxylic acids is 1. The number of piperidine rings is 1. The highest BCUT2D eigenvalue weighted by molar-refractivity contribution is 8.00. The van der Waals surface area contributed by atoms with Crippen LogP contribution in [0.2, 0.25) is 0 Å². The van der Waals surface area contributed by atoms with Crippen molar-refractivity contribution in [1.29, 1.82) is 5.26 Å². The third-order valence-electron chi connectivity index (χ3n) is 5.58. The minimum Gasteiger partial charge on any atom is -0.492 e. The number of carbonyl (C=O) groups is 1. The Morgan fingerprint density at radius 3 is 2.81 bits per heavy atom. The number of benzene rings is 1. The van der Waals surface area contributed by atoms with Gasteiger partial charge in [0, 0.05) is 30.6 Å². The number of nitrogens with zero attached hydrogens (tertiary/aromatic N) is 2. The molecule has 2 aromatic rings. The normalized spacial score (nSPS) is 17.4. The Hall–Kier alpha value is -2.01. The topological polar surface area (TPSA) is 79.3 Å². The molecular formula is C20H21N3O2S2. The average Bonchev–Trinajstić information content (AvgIpc) is 3.29. The zero-order chi connectivity index (χ0) is 19.0. The lowest BCUT2D eigenvalue weighted by Gasteiger charge is -2.38. The van der Waals surface area contributed by atoms with E-state index in [2.05, 4.69) is 12.1 Å². The van der Waals surface area contributed by atoms with Crippen molar-refractivity contribution in [3.63, 3.8) is 0 Å². The molecule has 0 unspecified atom stereocenters. The third-order valence-corrected chi connectivity index (χ3v) is 7.84. The van der Waals surface area contributed by atoms with Crippen LogP contribution >= 0.6 is 23.1 Å². The second-order valence-electron chi connectivity index (χ2n) is 7.02. The fraction of sp³-hybridized carbons (Fsp3) is 0.400. The van der Waals surface area contributed by atoms with Gasteiger partial charge in [0.25, 0.3) is 5.91 Å². The van der Waals surface area contributed by atoms with E-state index in [-0.39, 0.29) is 11.3 Å². The highest BCUT2D eigenvalue weighted by atomic mass is 32.2. The Bertz CT molecular complexity index is 924. The second-order valence-corrected chi connectivity index (χ2v) is 9.15. The van der Waals surface area contributed by atoms with E-state index in [1.807, 2.05) is 23.3 Å². The van der Waals surface area contributed by atoms with Gasteiger partial charge in [0.2, 0.25) is 0 Å². The summed E-state index contributed by atoms with van der Waals surface area (Å²) < 4.78 is 6.84. The van der Waals surface area contributed by atoms with Gasteiger partial charge in [-0.05, 0) is 36.8 Å². The smallest absolute Gasteiger partial charge is 0.264 e. The van der Waals surface area contributed by atoms with Crippen LogP contribution in [0.15, 0.2) is 28.5 Å². The molecule has 3 heterocycles. The first-order chi connectivity index (χ1) is 13.1. The highest BCUT2D eigenvalue weighted by Crippen LogP contribution is 2.46. The number of hydrogen-bond donors (Lipinski definition) is 1. The van der Waals surface area contributed by atoms with Gasteiger partial charge in [-0.2, -0.15) is 5.26 Å². The predicted molar refractivity (Wildman–Crippen MR) is 107 cm³/mol. The van der Waals surface area contributed by atoms with E-state index in [9.17, 15) is 10.1 Å². The molecule has 1 fully saturated rings. The molecule has 1 aromatic carbocycles. The maximum Gasteiger partial charge on any atom is 0.264 e. The van der Waals surface area contributed by atoms with Crippen molar-refractivity contribution >= 4 is 29.0 Å². The number of nitrogens with two attached hydrogens (primary N) is 1. The average molecular weight is 400 g/mol. The molecule has 140 valence electrons. The minimum atomic E-state index is -0.0189. The Balaban J connectivity index is 1.51. The van der Waals surface area contributed by atoms with Crippen LogP contribution in [0.25, 0.3) is 0 Å². The molecule has 4 rings (SSSR count). The molecule has 5 nitrogen and oxygen atoms in total. The molecule has 0 aliphatic carbocycles. The molecule has 2 aliphatic rings. The molecule has 1 spiro atoms. The molecule has 2 N–H and O–H groups in total. The van der Waals surface area contributed by atoms with Crippen molar-refractivity contribution in [2.75, 3.05) is 26.0 Å². The van der Waals surface area contributed by atoms with Gasteiger partial charge in [-0.25, -0.2) is 0 Å². The van der Waals surface area contributed by atoms with Crippen molar-refractivity contribution in [3.05, 3.63) is 45.8 Å². The molecule has 1 amide bonds. The van der Waals surface area contributed by atoms with Crippen molar-refractivity contribution in [2.45, 2.75) is 29.0 Å². The minimum absolute atomic E-state index is 0.0189.